The molecule has 1 aromatic carbocycles. The molecule has 1 fully saturated rings. The SMILES string of the molecule is C.CCOC(=O)C(Cc1ccc(OC(F)(F)F)cc1)(OC[C@H]1O[C@@H](n2cnc3c(N)nc(Cl)nc32)[C@@H](F)[C@@H]1O)C(=O)O. The number of aliphatic hydroxyl groups excluding tert-OH is 1. The Morgan fingerprint density at radius 3 is 2.48 bits per heavy atom. The van der Waals surface area contributed by atoms with Gasteiger partial charge < -0.3 is 34.9 Å². The number of nitrogen functional groups attached to an aromatic ring is 1. The smallest absolute Gasteiger partial charge is 0.479 e. The predicted octanol–water partition coefficient (Wildman–Crippen LogP) is 2.84. The van der Waals surface area contributed by atoms with Gasteiger partial charge in [-0.05, 0) is 36.2 Å². The maximum Gasteiger partial charge on any atom is 0.573 e. The minimum Gasteiger partial charge on any atom is -0.479 e. The van der Waals surface area contributed by atoms with Gasteiger partial charge in [0.05, 0.1) is 19.5 Å². The molecule has 3 aromatic rings. The summed E-state index contributed by atoms with van der Waals surface area (Å²) in [5.41, 5.74) is 3.15. The van der Waals surface area contributed by atoms with Gasteiger partial charge in [0.15, 0.2) is 23.9 Å². The molecular weight excluding hydrogens is 598 g/mol. The van der Waals surface area contributed by atoms with Crippen molar-refractivity contribution in [2.24, 2.45) is 0 Å². The van der Waals surface area contributed by atoms with E-state index in [2.05, 4.69) is 19.7 Å². The number of fused-ring (bicyclic) bond motifs is 1. The number of ether oxygens (including phenoxy) is 4. The molecule has 1 aliphatic heterocycles. The van der Waals surface area contributed by atoms with Crippen LogP contribution in [0.1, 0.15) is 26.1 Å². The topological polar surface area (TPSA) is 181 Å². The first-order chi connectivity index (χ1) is 19.3. The van der Waals surface area contributed by atoms with Crippen LogP contribution in [-0.2, 0) is 30.2 Å². The van der Waals surface area contributed by atoms with E-state index < -0.39 is 67.3 Å². The fraction of sp³-hybridized carbons (Fsp3) is 0.458. The molecule has 5 atom stereocenters. The van der Waals surface area contributed by atoms with Gasteiger partial charge in [0.1, 0.15) is 23.5 Å². The van der Waals surface area contributed by atoms with Gasteiger partial charge in [-0.3, -0.25) is 4.57 Å². The molecule has 3 heterocycles. The summed E-state index contributed by atoms with van der Waals surface area (Å²) in [6, 6.07) is 4.03. The molecule has 0 bridgehead atoms. The fourth-order valence-electron chi connectivity index (χ4n) is 4.14. The number of carboxylic acid groups (broad SMARTS) is 1. The van der Waals surface area contributed by atoms with Crippen LogP contribution < -0.4 is 10.5 Å². The molecule has 2 aromatic heterocycles. The van der Waals surface area contributed by atoms with Crippen molar-refractivity contribution in [1.29, 1.82) is 0 Å². The molecule has 0 spiro atoms. The lowest BCUT2D eigenvalue weighted by Gasteiger charge is -2.29. The highest BCUT2D eigenvalue weighted by Crippen LogP contribution is 2.36. The van der Waals surface area contributed by atoms with E-state index >= 15 is 4.39 Å². The number of aliphatic carboxylic acids is 1. The van der Waals surface area contributed by atoms with Crippen molar-refractivity contribution >= 4 is 40.5 Å². The van der Waals surface area contributed by atoms with Crippen molar-refractivity contribution in [2.75, 3.05) is 18.9 Å². The third-order valence-corrected chi connectivity index (χ3v) is 6.21. The number of hydrogen-bond donors (Lipinski definition) is 3. The highest BCUT2D eigenvalue weighted by molar-refractivity contribution is 6.28. The van der Waals surface area contributed by atoms with Crippen LogP contribution >= 0.6 is 11.6 Å². The Bertz CT molecular complexity index is 1430. The number of carboxylic acids is 1. The number of carbonyl (C=O) groups is 2. The zero-order valence-electron chi connectivity index (χ0n) is 20.9. The number of halogens is 5. The van der Waals surface area contributed by atoms with E-state index in [1.54, 1.807) is 0 Å². The van der Waals surface area contributed by atoms with E-state index in [0.717, 1.165) is 35.2 Å². The van der Waals surface area contributed by atoms with Gasteiger partial charge in [-0.2, -0.15) is 9.97 Å². The second kappa shape index (κ2) is 12.6. The Morgan fingerprint density at radius 2 is 1.88 bits per heavy atom. The van der Waals surface area contributed by atoms with Gasteiger partial charge >= 0.3 is 18.3 Å². The minimum absolute atomic E-state index is 0. The molecule has 1 aliphatic rings. The van der Waals surface area contributed by atoms with Crippen LogP contribution in [0.3, 0.4) is 0 Å². The predicted molar refractivity (Wildman–Crippen MR) is 136 cm³/mol. The number of nitrogens with two attached hydrogens (primary N) is 1. The normalized spacial score (nSPS) is 21.9. The van der Waals surface area contributed by atoms with Gasteiger partial charge in [-0.25, -0.2) is 19.0 Å². The highest BCUT2D eigenvalue weighted by Gasteiger charge is 2.52. The van der Waals surface area contributed by atoms with E-state index in [9.17, 15) is 33.0 Å². The molecule has 1 saturated heterocycles. The number of alkyl halides is 4. The Labute approximate surface area is 240 Å². The molecule has 0 saturated carbocycles. The number of benzene rings is 1. The summed E-state index contributed by atoms with van der Waals surface area (Å²) in [5, 5.41) is 20.3. The summed E-state index contributed by atoms with van der Waals surface area (Å²) in [6.07, 6.45) is -11.5. The molecule has 0 aliphatic carbocycles. The third-order valence-electron chi connectivity index (χ3n) is 6.04. The number of aromatic nitrogens is 4. The Kier molecular flexibility index (Phi) is 9.81. The second-order valence-electron chi connectivity index (χ2n) is 8.73. The summed E-state index contributed by atoms with van der Waals surface area (Å²) in [4.78, 5) is 36.9. The van der Waals surface area contributed by atoms with Crippen molar-refractivity contribution in [1.82, 2.24) is 19.5 Å². The third kappa shape index (κ3) is 6.64. The van der Waals surface area contributed by atoms with Crippen LogP contribution in [-0.4, -0.2) is 85.2 Å². The van der Waals surface area contributed by atoms with Gasteiger partial charge in [0.2, 0.25) is 5.28 Å². The van der Waals surface area contributed by atoms with Gasteiger partial charge in [0, 0.05) is 6.42 Å². The summed E-state index contributed by atoms with van der Waals surface area (Å²) in [7, 11) is 0. The Balaban J connectivity index is 0.00000484. The van der Waals surface area contributed by atoms with E-state index in [1.165, 1.54) is 6.92 Å². The number of imidazole rings is 1. The number of carbonyl (C=O) groups excluding carboxylic acids is 1. The Hall–Kier alpha value is -3.80. The first kappa shape index (κ1) is 32.7. The van der Waals surface area contributed by atoms with Crippen LogP contribution in [0.4, 0.5) is 23.4 Å². The van der Waals surface area contributed by atoms with Crippen molar-refractivity contribution in [3.63, 3.8) is 0 Å². The molecule has 0 amide bonds. The first-order valence-electron chi connectivity index (χ1n) is 11.8. The molecular formula is C24H26ClF4N5O8. The average molecular weight is 624 g/mol. The fourth-order valence-corrected chi connectivity index (χ4v) is 4.31. The largest absolute Gasteiger partial charge is 0.573 e. The van der Waals surface area contributed by atoms with Crippen LogP contribution in [0.5, 0.6) is 5.75 Å². The van der Waals surface area contributed by atoms with Crippen LogP contribution in [0, 0.1) is 0 Å². The van der Waals surface area contributed by atoms with Crippen molar-refractivity contribution in [3.8, 4) is 5.75 Å². The summed E-state index contributed by atoms with van der Waals surface area (Å²) >= 11 is 5.84. The maximum atomic E-state index is 15.2. The van der Waals surface area contributed by atoms with Gasteiger partial charge in [-0.1, -0.05) is 19.6 Å². The zero-order valence-corrected chi connectivity index (χ0v) is 21.7. The number of anilines is 1. The Morgan fingerprint density at radius 1 is 1.21 bits per heavy atom. The number of rotatable bonds is 10. The monoisotopic (exact) mass is 623 g/mol. The van der Waals surface area contributed by atoms with E-state index in [1.807, 2.05) is 0 Å². The summed E-state index contributed by atoms with van der Waals surface area (Å²) < 4.78 is 73.5. The van der Waals surface area contributed by atoms with Crippen molar-refractivity contribution in [3.05, 3.63) is 41.4 Å². The lowest BCUT2D eigenvalue weighted by Crippen LogP contribution is -2.53. The van der Waals surface area contributed by atoms with Gasteiger partial charge in [0.25, 0.3) is 5.60 Å². The lowest BCUT2D eigenvalue weighted by atomic mass is 9.94. The average Bonchev–Trinajstić information content (AvgIpc) is 3.42. The number of aliphatic hydroxyl groups is 1. The van der Waals surface area contributed by atoms with E-state index in [4.69, 9.17) is 31.5 Å². The molecule has 42 heavy (non-hydrogen) atoms. The zero-order chi connectivity index (χ0) is 30.1. The molecule has 4 N–H and O–H groups in total. The quantitative estimate of drug-likeness (QED) is 0.130. The van der Waals surface area contributed by atoms with Crippen molar-refractivity contribution in [2.45, 2.75) is 57.3 Å². The van der Waals surface area contributed by atoms with Crippen LogP contribution in [0.15, 0.2) is 30.6 Å². The minimum atomic E-state index is -4.95. The number of nitrogens with zero attached hydrogens (tertiary/aromatic N) is 4. The number of hydrogen-bond acceptors (Lipinski definition) is 11. The molecule has 13 nitrogen and oxygen atoms in total. The maximum absolute atomic E-state index is 15.2. The summed E-state index contributed by atoms with van der Waals surface area (Å²) in [6.45, 7) is 0.352. The van der Waals surface area contributed by atoms with E-state index in [-0.39, 0.29) is 41.9 Å². The molecule has 18 heteroatoms. The summed E-state index contributed by atoms with van der Waals surface area (Å²) in [5.74, 6) is -3.82. The molecule has 4 rings (SSSR count). The molecule has 230 valence electrons. The highest BCUT2D eigenvalue weighted by atomic mass is 35.5. The van der Waals surface area contributed by atoms with Crippen LogP contribution in [0.2, 0.25) is 5.28 Å². The molecule has 1 unspecified atom stereocenters. The van der Waals surface area contributed by atoms with E-state index in [0.29, 0.717) is 0 Å². The number of esters is 1. The second-order valence-corrected chi connectivity index (χ2v) is 9.07. The first-order valence-corrected chi connectivity index (χ1v) is 12.2. The lowest BCUT2D eigenvalue weighted by molar-refractivity contribution is -0.274. The van der Waals surface area contributed by atoms with Crippen molar-refractivity contribution < 1.29 is 56.3 Å². The standard InChI is InChI=1S/C23H22ClF4N5O8.CH4/c1-2-38-20(37)22(19(35)36,7-10-3-5-11(6-4-10)41-23(26,27)28)39-8-12-15(34)13(25)18(40-12)33-9-30-14-16(29)31-21(24)32-17(14)33;/h3-6,9,12-13,15,18,34H,2,7-8H2,1H3,(H,35,36)(H2,29,31,32);1H4/t12-,13+,15-,18-,22?;/m1./s1. The van der Waals surface area contributed by atoms with Gasteiger partial charge in [-0.15, -0.1) is 13.2 Å². The molecule has 0 radical (unpaired) electrons. The van der Waals surface area contributed by atoms with Crippen LogP contribution in [0.25, 0.3) is 11.2 Å².